The van der Waals surface area contributed by atoms with E-state index in [4.69, 9.17) is 16.9 Å². The van der Waals surface area contributed by atoms with Crippen LogP contribution >= 0.6 is 22.9 Å². The number of thiazole rings is 1. The molecule has 0 radical (unpaired) electrons. The molecule has 0 bridgehead atoms. The van der Waals surface area contributed by atoms with E-state index in [2.05, 4.69) is 9.97 Å². The lowest BCUT2D eigenvalue weighted by molar-refractivity contribution is -0.140. The van der Waals surface area contributed by atoms with Crippen LogP contribution in [0.5, 0.6) is 0 Å². The number of alkyl halides is 3. The molecule has 0 N–H and O–H groups in total. The second kappa shape index (κ2) is 6.57. The third-order valence-electron chi connectivity index (χ3n) is 3.84. The van der Waals surface area contributed by atoms with Gasteiger partial charge in [-0.05, 0) is 25.0 Å². The van der Waals surface area contributed by atoms with Gasteiger partial charge in [0, 0.05) is 24.4 Å². The molecule has 126 valence electrons. The molecule has 24 heavy (non-hydrogen) atoms. The predicted molar refractivity (Wildman–Crippen MR) is 85.3 cm³/mol. The van der Waals surface area contributed by atoms with Crippen molar-refractivity contribution in [2.75, 3.05) is 18.0 Å². The number of nitrogens with zero attached hydrogens (tertiary/aromatic N) is 4. The monoisotopic (exact) mass is 372 g/mol. The Morgan fingerprint density at radius 1 is 1.33 bits per heavy atom. The first-order valence-corrected chi connectivity index (χ1v) is 8.48. The lowest BCUT2D eigenvalue weighted by atomic mass is 9.98. The summed E-state index contributed by atoms with van der Waals surface area (Å²) in [6.45, 7) is 1.25. The summed E-state index contributed by atoms with van der Waals surface area (Å²) in [5, 5.41) is 10.8. The van der Waals surface area contributed by atoms with E-state index in [1.807, 2.05) is 11.0 Å². The van der Waals surface area contributed by atoms with Crippen molar-refractivity contribution in [3.8, 4) is 6.07 Å². The summed E-state index contributed by atoms with van der Waals surface area (Å²) < 4.78 is 38.1. The van der Waals surface area contributed by atoms with E-state index in [-0.39, 0.29) is 16.6 Å². The molecule has 0 spiro atoms. The van der Waals surface area contributed by atoms with Crippen LogP contribution in [0.3, 0.4) is 0 Å². The summed E-state index contributed by atoms with van der Waals surface area (Å²) >= 11 is 6.93. The van der Waals surface area contributed by atoms with Gasteiger partial charge in [0.15, 0.2) is 11.4 Å². The van der Waals surface area contributed by atoms with Crippen molar-refractivity contribution in [2.24, 2.45) is 0 Å². The fourth-order valence-corrected chi connectivity index (χ4v) is 3.78. The topological polar surface area (TPSA) is 52.8 Å². The third-order valence-corrected chi connectivity index (χ3v) is 5.16. The van der Waals surface area contributed by atoms with Crippen molar-refractivity contribution in [3.05, 3.63) is 38.9 Å². The van der Waals surface area contributed by atoms with Gasteiger partial charge in [-0.15, -0.1) is 11.3 Å². The maximum atomic E-state index is 12.7. The molecule has 3 rings (SSSR count). The molecule has 1 unspecified atom stereocenters. The highest BCUT2D eigenvalue weighted by Crippen LogP contribution is 2.35. The number of nitriles is 1. The highest BCUT2D eigenvalue weighted by atomic mass is 35.5. The van der Waals surface area contributed by atoms with Gasteiger partial charge in [0.05, 0.1) is 10.0 Å². The zero-order chi connectivity index (χ0) is 17.3. The molecule has 0 amide bonds. The summed E-state index contributed by atoms with van der Waals surface area (Å²) in [4.78, 5) is 9.94. The summed E-state index contributed by atoms with van der Waals surface area (Å²) in [7, 11) is 0. The third kappa shape index (κ3) is 3.47. The molecule has 4 nitrogen and oxygen atoms in total. The van der Waals surface area contributed by atoms with Gasteiger partial charge in [-0.3, -0.25) is 0 Å². The fourth-order valence-electron chi connectivity index (χ4n) is 2.68. The molecule has 1 fully saturated rings. The minimum absolute atomic E-state index is 0.0807. The van der Waals surface area contributed by atoms with E-state index in [1.54, 1.807) is 12.1 Å². The minimum Gasteiger partial charge on any atom is -0.356 e. The number of pyridine rings is 1. The van der Waals surface area contributed by atoms with Gasteiger partial charge >= 0.3 is 6.18 Å². The van der Waals surface area contributed by atoms with Crippen LogP contribution in [0.1, 0.15) is 35.2 Å². The SMILES string of the molecule is N#Cc1nc(N2CCCC(c3nc(C(F)(F)F)cs3)C2)ccc1Cl. The quantitative estimate of drug-likeness (QED) is 0.780. The molecule has 1 atom stereocenters. The first kappa shape index (κ1) is 17.0. The van der Waals surface area contributed by atoms with E-state index in [0.29, 0.717) is 17.4 Å². The van der Waals surface area contributed by atoms with Gasteiger partial charge in [-0.2, -0.15) is 18.4 Å². The van der Waals surface area contributed by atoms with Crippen molar-refractivity contribution >= 4 is 28.8 Å². The number of rotatable bonds is 2. The molecule has 3 heterocycles. The van der Waals surface area contributed by atoms with Crippen molar-refractivity contribution in [1.29, 1.82) is 5.26 Å². The molecule has 2 aromatic heterocycles. The molecule has 1 saturated heterocycles. The second-order valence-electron chi connectivity index (χ2n) is 5.47. The van der Waals surface area contributed by atoms with E-state index < -0.39 is 11.9 Å². The van der Waals surface area contributed by atoms with Gasteiger partial charge in [0.2, 0.25) is 0 Å². The maximum absolute atomic E-state index is 12.7. The Labute approximate surface area is 145 Å². The number of aromatic nitrogens is 2. The van der Waals surface area contributed by atoms with Crippen molar-refractivity contribution in [2.45, 2.75) is 24.9 Å². The molecule has 0 aromatic carbocycles. The summed E-state index contributed by atoms with van der Waals surface area (Å²) in [6, 6.07) is 5.26. The van der Waals surface area contributed by atoms with Crippen LogP contribution < -0.4 is 4.90 Å². The lowest BCUT2D eigenvalue weighted by Gasteiger charge is -2.32. The van der Waals surface area contributed by atoms with Crippen LogP contribution in [0.4, 0.5) is 19.0 Å². The van der Waals surface area contributed by atoms with Crippen molar-refractivity contribution in [3.63, 3.8) is 0 Å². The largest absolute Gasteiger partial charge is 0.434 e. The average Bonchev–Trinajstić information content (AvgIpc) is 3.06. The molecule has 2 aromatic rings. The number of piperidine rings is 1. The number of halogens is 4. The van der Waals surface area contributed by atoms with Gasteiger partial charge in [-0.1, -0.05) is 11.6 Å². The van der Waals surface area contributed by atoms with Crippen LogP contribution in [-0.4, -0.2) is 23.1 Å². The van der Waals surface area contributed by atoms with Crippen LogP contribution in [0.2, 0.25) is 5.02 Å². The van der Waals surface area contributed by atoms with Crippen LogP contribution in [-0.2, 0) is 6.18 Å². The molecular weight excluding hydrogens is 361 g/mol. The second-order valence-corrected chi connectivity index (χ2v) is 6.76. The highest BCUT2D eigenvalue weighted by Gasteiger charge is 2.35. The first-order valence-electron chi connectivity index (χ1n) is 7.22. The smallest absolute Gasteiger partial charge is 0.356 e. The van der Waals surface area contributed by atoms with Crippen LogP contribution in [0.15, 0.2) is 17.5 Å². The minimum atomic E-state index is -4.41. The summed E-state index contributed by atoms with van der Waals surface area (Å²) in [5.74, 6) is 0.524. The van der Waals surface area contributed by atoms with Gasteiger partial charge in [0.25, 0.3) is 0 Å². The summed E-state index contributed by atoms with van der Waals surface area (Å²) in [5.41, 5.74) is -0.694. The lowest BCUT2D eigenvalue weighted by Crippen LogP contribution is -2.35. The first-order chi connectivity index (χ1) is 11.4. The van der Waals surface area contributed by atoms with E-state index >= 15 is 0 Å². The van der Waals surface area contributed by atoms with Crippen molar-refractivity contribution in [1.82, 2.24) is 9.97 Å². The van der Waals surface area contributed by atoms with E-state index in [1.165, 1.54) is 0 Å². The van der Waals surface area contributed by atoms with Crippen molar-refractivity contribution < 1.29 is 13.2 Å². The predicted octanol–water partition coefficient (Wildman–Crippen LogP) is 4.47. The van der Waals surface area contributed by atoms with E-state index in [9.17, 15) is 13.2 Å². The molecule has 9 heteroatoms. The molecule has 0 saturated carbocycles. The highest BCUT2D eigenvalue weighted by molar-refractivity contribution is 7.09. The Balaban J connectivity index is 1.80. The molecule has 1 aliphatic heterocycles. The fraction of sp³-hybridized carbons (Fsp3) is 0.400. The standard InChI is InChI=1S/C15H12ClF3N4S/c16-10-3-4-13(21-11(10)6-20)23-5-1-2-9(7-23)14-22-12(8-24-14)15(17,18)19/h3-4,8-9H,1-2,5,7H2. The Hall–Kier alpha value is -1.85. The zero-order valence-corrected chi connectivity index (χ0v) is 13.9. The molecule has 1 aliphatic rings. The van der Waals surface area contributed by atoms with Gasteiger partial charge < -0.3 is 4.90 Å². The number of hydrogen-bond acceptors (Lipinski definition) is 5. The Morgan fingerprint density at radius 2 is 2.12 bits per heavy atom. The zero-order valence-electron chi connectivity index (χ0n) is 12.3. The molecular formula is C15H12ClF3N4S. The maximum Gasteiger partial charge on any atom is 0.434 e. The normalized spacial score (nSPS) is 18.5. The van der Waals surface area contributed by atoms with E-state index in [0.717, 1.165) is 36.1 Å². The Kier molecular flexibility index (Phi) is 4.65. The Bertz CT molecular complexity index is 784. The Morgan fingerprint density at radius 3 is 2.79 bits per heavy atom. The van der Waals surface area contributed by atoms with Crippen LogP contribution in [0.25, 0.3) is 0 Å². The number of anilines is 1. The molecule has 0 aliphatic carbocycles. The van der Waals surface area contributed by atoms with Gasteiger partial charge in [0.1, 0.15) is 11.9 Å². The van der Waals surface area contributed by atoms with Gasteiger partial charge in [-0.25, -0.2) is 9.97 Å². The van der Waals surface area contributed by atoms with Crippen LogP contribution in [0, 0.1) is 11.3 Å². The average molecular weight is 373 g/mol. The number of hydrogen-bond donors (Lipinski definition) is 0. The summed E-state index contributed by atoms with van der Waals surface area (Å²) in [6.07, 6.45) is -2.82.